The number of nitriles is 1. The van der Waals surface area contributed by atoms with E-state index in [1.165, 1.54) is 11.0 Å². The number of hydrogen-bond acceptors (Lipinski definition) is 4. The van der Waals surface area contributed by atoms with E-state index in [0.29, 0.717) is 6.54 Å². The Kier molecular flexibility index (Phi) is 3.88. The fraction of sp³-hybridized carbons (Fsp3) is 0.273. The predicted octanol–water partition coefficient (Wildman–Crippen LogP) is 1.46. The van der Waals surface area contributed by atoms with Gasteiger partial charge in [-0.3, -0.25) is 0 Å². The van der Waals surface area contributed by atoms with Gasteiger partial charge in [-0.2, -0.15) is 5.26 Å². The molecule has 0 aliphatic heterocycles. The van der Waals surface area contributed by atoms with Crippen molar-refractivity contribution in [3.63, 3.8) is 0 Å². The summed E-state index contributed by atoms with van der Waals surface area (Å²) in [6.07, 6.45) is 0.225. The van der Waals surface area contributed by atoms with Gasteiger partial charge in [0.2, 0.25) is 0 Å². The van der Waals surface area contributed by atoms with E-state index in [1.54, 1.807) is 7.05 Å². The van der Waals surface area contributed by atoms with Crippen LogP contribution in [0, 0.1) is 17.1 Å². The van der Waals surface area contributed by atoms with E-state index in [2.05, 4.69) is 0 Å². The van der Waals surface area contributed by atoms with Gasteiger partial charge in [0.25, 0.3) is 0 Å². The standard InChI is InChI=1S/C11H12FN3O2/c1-15(4-2-3-13)10-5-7(11(16)17)9(14)6-8(10)12/h5-6H,2,4,14H2,1H3,(H,16,17). The molecule has 0 aliphatic rings. The highest BCUT2D eigenvalue weighted by molar-refractivity contribution is 5.95. The first-order chi connectivity index (χ1) is 7.97. The van der Waals surface area contributed by atoms with E-state index >= 15 is 0 Å². The van der Waals surface area contributed by atoms with Gasteiger partial charge in [0.1, 0.15) is 5.82 Å². The maximum absolute atomic E-state index is 13.6. The summed E-state index contributed by atoms with van der Waals surface area (Å²) in [6, 6.07) is 4.08. The number of nitrogen functional groups attached to an aromatic ring is 1. The minimum absolute atomic E-state index is 0.117. The van der Waals surface area contributed by atoms with E-state index in [0.717, 1.165) is 6.07 Å². The maximum Gasteiger partial charge on any atom is 0.337 e. The minimum atomic E-state index is -1.21. The van der Waals surface area contributed by atoms with Crippen LogP contribution in [0.4, 0.5) is 15.8 Å². The number of carboxylic acids is 1. The van der Waals surface area contributed by atoms with Crippen molar-refractivity contribution in [1.29, 1.82) is 5.26 Å². The van der Waals surface area contributed by atoms with E-state index in [1.807, 2.05) is 6.07 Å². The average molecular weight is 237 g/mol. The zero-order valence-electron chi connectivity index (χ0n) is 9.27. The number of hydrogen-bond donors (Lipinski definition) is 2. The Balaban J connectivity index is 3.12. The second kappa shape index (κ2) is 5.16. The van der Waals surface area contributed by atoms with Crippen molar-refractivity contribution >= 4 is 17.3 Å². The Morgan fingerprint density at radius 2 is 2.29 bits per heavy atom. The van der Waals surface area contributed by atoms with Crippen LogP contribution in [0.15, 0.2) is 12.1 Å². The van der Waals surface area contributed by atoms with Crippen LogP contribution in [0.1, 0.15) is 16.8 Å². The third kappa shape index (κ3) is 2.84. The summed E-state index contributed by atoms with van der Waals surface area (Å²) in [5.41, 5.74) is 5.25. The summed E-state index contributed by atoms with van der Waals surface area (Å²) in [4.78, 5) is 12.3. The lowest BCUT2D eigenvalue weighted by Gasteiger charge is -2.19. The molecule has 0 radical (unpaired) electrons. The third-order valence-corrected chi connectivity index (χ3v) is 2.32. The molecule has 0 amide bonds. The average Bonchev–Trinajstić information content (AvgIpc) is 2.25. The summed E-state index contributed by atoms with van der Waals surface area (Å²) in [7, 11) is 1.58. The molecule has 0 heterocycles. The molecule has 0 atom stereocenters. The summed E-state index contributed by atoms with van der Waals surface area (Å²) >= 11 is 0. The summed E-state index contributed by atoms with van der Waals surface area (Å²) in [6.45, 7) is 0.316. The van der Waals surface area contributed by atoms with Crippen molar-refractivity contribution in [1.82, 2.24) is 0 Å². The monoisotopic (exact) mass is 237 g/mol. The smallest absolute Gasteiger partial charge is 0.337 e. The number of rotatable bonds is 4. The fourth-order valence-corrected chi connectivity index (χ4v) is 1.39. The Bertz CT molecular complexity index is 482. The molecule has 1 aromatic carbocycles. The van der Waals surface area contributed by atoms with Gasteiger partial charge < -0.3 is 15.7 Å². The van der Waals surface area contributed by atoms with Crippen LogP contribution < -0.4 is 10.6 Å². The van der Waals surface area contributed by atoms with E-state index < -0.39 is 11.8 Å². The molecule has 0 unspecified atom stereocenters. The van der Waals surface area contributed by atoms with E-state index in [-0.39, 0.29) is 23.4 Å². The molecule has 0 saturated carbocycles. The van der Waals surface area contributed by atoms with Crippen molar-refractivity contribution < 1.29 is 14.3 Å². The molecule has 90 valence electrons. The van der Waals surface area contributed by atoms with Gasteiger partial charge in [-0.05, 0) is 12.1 Å². The number of halogens is 1. The molecule has 1 aromatic rings. The molecule has 0 saturated heterocycles. The van der Waals surface area contributed by atoms with Crippen molar-refractivity contribution in [2.45, 2.75) is 6.42 Å². The van der Waals surface area contributed by atoms with Gasteiger partial charge in [-0.15, -0.1) is 0 Å². The molecule has 3 N–H and O–H groups in total. The zero-order chi connectivity index (χ0) is 13.0. The number of aromatic carboxylic acids is 1. The number of carbonyl (C=O) groups is 1. The number of nitrogens with zero attached hydrogens (tertiary/aromatic N) is 2. The molecular weight excluding hydrogens is 225 g/mol. The molecular formula is C11H12FN3O2. The normalized spacial score (nSPS) is 9.71. The maximum atomic E-state index is 13.6. The zero-order valence-corrected chi connectivity index (χ0v) is 9.27. The minimum Gasteiger partial charge on any atom is -0.478 e. The fourth-order valence-electron chi connectivity index (χ4n) is 1.39. The van der Waals surface area contributed by atoms with Crippen LogP contribution >= 0.6 is 0 Å². The van der Waals surface area contributed by atoms with E-state index in [4.69, 9.17) is 16.1 Å². The van der Waals surface area contributed by atoms with Gasteiger partial charge in [-0.1, -0.05) is 0 Å². The molecule has 5 nitrogen and oxygen atoms in total. The molecule has 0 bridgehead atoms. The summed E-state index contributed by atoms with van der Waals surface area (Å²) in [5, 5.41) is 17.3. The molecule has 0 fully saturated rings. The third-order valence-electron chi connectivity index (χ3n) is 2.32. The van der Waals surface area contributed by atoms with Crippen molar-refractivity contribution in [3.8, 4) is 6.07 Å². The van der Waals surface area contributed by atoms with Crippen LogP contribution in [0.25, 0.3) is 0 Å². The largest absolute Gasteiger partial charge is 0.478 e. The van der Waals surface area contributed by atoms with Crippen LogP contribution in [-0.4, -0.2) is 24.7 Å². The molecule has 6 heteroatoms. The number of nitrogens with two attached hydrogens (primary N) is 1. The Labute approximate surface area is 97.9 Å². The second-order valence-corrected chi connectivity index (χ2v) is 3.53. The summed E-state index contributed by atoms with van der Waals surface area (Å²) < 4.78 is 13.6. The first-order valence-electron chi connectivity index (χ1n) is 4.87. The van der Waals surface area contributed by atoms with Gasteiger partial charge in [0, 0.05) is 19.3 Å². The second-order valence-electron chi connectivity index (χ2n) is 3.53. The first-order valence-corrected chi connectivity index (χ1v) is 4.87. The number of carboxylic acid groups (broad SMARTS) is 1. The topological polar surface area (TPSA) is 90.3 Å². The van der Waals surface area contributed by atoms with Gasteiger partial charge in [0.15, 0.2) is 0 Å². The van der Waals surface area contributed by atoms with Gasteiger partial charge in [-0.25, -0.2) is 9.18 Å². The number of benzene rings is 1. The lowest BCUT2D eigenvalue weighted by atomic mass is 10.1. The lowest BCUT2D eigenvalue weighted by molar-refractivity contribution is 0.0698. The first kappa shape index (κ1) is 12.8. The van der Waals surface area contributed by atoms with Gasteiger partial charge >= 0.3 is 5.97 Å². The predicted molar refractivity (Wildman–Crippen MR) is 61.3 cm³/mol. The van der Waals surface area contributed by atoms with Crippen LogP contribution in [0.3, 0.4) is 0 Å². The molecule has 0 aliphatic carbocycles. The van der Waals surface area contributed by atoms with Crippen LogP contribution in [-0.2, 0) is 0 Å². The quantitative estimate of drug-likeness (QED) is 0.773. The van der Waals surface area contributed by atoms with Crippen molar-refractivity contribution in [2.75, 3.05) is 24.2 Å². The Hall–Kier alpha value is -2.29. The molecule has 1 rings (SSSR count). The van der Waals surface area contributed by atoms with E-state index in [9.17, 15) is 9.18 Å². The molecule has 0 aromatic heterocycles. The van der Waals surface area contributed by atoms with Crippen LogP contribution in [0.2, 0.25) is 0 Å². The highest BCUT2D eigenvalue weighted by atomic mass is 19.1. The molecule has 17 heavy (non-hydrogen) atoms. The summed E-state index contributed by atoms with van der Waals surface area (Å²) in [5.74, 6) is -1.81. The molecule has 0 spiro atoms. The van der Waals surface area contributed by atoms with Crippen molar-refractivity contribution in [3.05, 3.63) is 23.5 Å². The highest BCUT2D eigenvalue weighted by Crippen LogP contribution is 2.24. The Morgan fingerprint density at radius 1 is 1.65 bits per heavy atom. The Morgan fingerprint density at radius 3 is 2.82 bits per heavy atom. The van der Waals surface area contributed by atoms with Gasteiger partial charge in [0.05, 0.1) is 23.7 Å². The lowest BCUT2D eigenvalue weighted by Crippen LogP contribution is -2.20. The SMILES string of the molecule is CN(CCC#N)c1cc(C(=O)O)c(N)cc1F. The number of anilines is 2. The highest BCUT2D eigenvalue weighted by Gasteiger charge is 2.15. The van der Waals surface area contributed by atoms with Crippen LogP contribution in [0.5, 0.6) is 0 Å². The van der Waals surface area contributed by atoms with Crippen molar-refractivity contribution in [2.24, 2.45) is 0 Å².